The number of nitrogens with zero attached hydrogens (tertiary/aromatic N) is 3. The molecule has 0 saturated heterocycles. The molecule has 0 atom stereocenters. The number of hydrogen-bond donors (Lipinski definition) is 0. The quantitative estimate of drug-likeness (QED) is 0.680. The fourth-order valence-corrected chi connectivity index (χ4v) is 1.73. The topological polar surface area (TPSA) is 47.9 Å². The van der Waals surface area contributed by atoms with Crippen LogP contribution in [0.4, 0.5) is 4.39 Å². The predicted octanol–water partition coefficient (Wildman–Crippen LogP) is 3.20. The minimum absolute atomic E-state index is 0.353. The van der Waals surface area contributed by atoms with Crippen LogP contribution >= 0.6 is 0 Å². The maximum absolute atomic E-state index is 13.7. The van der Waals surface area contributed by atoms with Crippen LogP contribution in [-0.4, -0.2) is 15.0 Å². The molecule has 0 aliphatic rings. The highest BCUT2D eigenvalue weighted by atomic mass is 19.1. The molecule has 4 nitrogen and oxygen atoms in total. The van der Waals surface area contributed by atoms with E-state index in [-0.39, 0.29) is 0 Å². The summed E-state index contributed by atoms with van der Waals surface area (Å²) in [5.74, 6) is 6.41. The molecule has 0 amide bonds. The second-order valence-corrected chi connectivity index (χ2v) is 4.29. The summed E-state index contributed by atoms with van der Waals surface area (Å²) in [5.41, 5.74) is 0.478. The number of rotatable bonds is 2. The molecule has 3 rings (SSSR count). The van der Waals surface area contributed by atoms with Crippen LogP contribution in [0.3, 0.4) is 0 Å². The van der Waals surface area contributed by atoms with Crippen molar-refractivity contribution >= 4 is 0 Å². The van der Waals surface area contributed by atoms with Gasteiger partial charge in [0.15, 0.2) is 0 Å². The van der Waals surface area contributed by atoms with Crippen molar-refractivity contribution in [3.8, 4) is 23.3 Å². The van der Waals surface area contributed by atoms with E-state index < -0.39 is 5.82 Å². The maximum Gasteiger partial charge on any atom is 0.205 e. The van der Waals surface area contributed by atoms with Gasteiger partial charge >= 0.3 is 0 Å². The molecule has 0 N–H and O–H groups in total. The van der Waals surface area contributed by atoms with Gasteiger partial charge in [-0.15, -0.1) is 0 Å². The Morgan fingerprint density at radius 1 is 0.909 bits per heavy atom. The van der Waals surface area contributed by atoms with E-state index in [2.05, 4.69) is 26.8 Å². The third-order valence-corrected chi connectivity index (χ3v) is 2.63. The molecule has 0 fully saturated rings. The molecule has 0 aliphatic heterocycles. The van der Waals surface area contributed by atoms with Crippen molar-refractivity contribution in [3.05, 3.63) is 78.4 Å². The lowest BCUT2D eigenvalue weighted by Gasteiger charge is -2.05. The highest BCUT2D eigenvalue weighted by Crippen LogP contribution is 2.22. The molecule has 0 spiro atoms. The highest BCUT2D eigenvalue weighted by Gasteiger charge is 2.02. The monoisotopic (exact) mass is 291 g/mol. The average molecular weight is 291 g/mol. The molecule has 0 unspecified atom stereocenters. The van der Waals surface area contributed by atoms with Gasteiger partial charge in [-0.2, -0.15) is 0 Å². The lowest BCUT2D eigenvalue weighted by atomic mass is 10.2. The smallest absolute Gasteiger partial charge is 0.205 e. The molecule has 0 aliphatic carbocycles. The van der Waals surface area contributed by atoms with E-state index in [1.54, 1.807) is 49.1 Å². The van der Waals surface area contributed by atoms with E-state index in [0.717, 1.165) is 0 Å². The first kappa shape index (κ1) is 13.7. The van der Waals surface area contributed by atoms with E-state index in [0.29, 0.717) is 22.9 Å². The molecule has 0 bridgehead atoms. The van der Waals surface area contributed by atoms with Gasteiger partial charge in [-0.3, -0.25) is 4.98 Å². The highest BCUT2D eigenvalue weighted by molar-refractivity contribution is 5.43. The van der Waals surface area contributed by atoms with Crippen molar-refractivity contribution in [2.75, 3.05) is 0 Å². The molecule has 1 aromatic carbocycles. The first-order valence-electron chi connectivity index (χ1n) is 6.47. The van der Waals surface area contributed by atoms with Gasteiger partial charge < -0.3 is 4.74 Å². The van der Waals surface area contributed by atoms with Crippen LogP contribution < -0.4 is 4.74 Å². The van der Waals surface area contributed by atoms with E-state index >= 15 is 0 Å². The van der Waals surface area contributed by atoms with Crippen molar-refractivity contribution < 1.29 is 9.13 Å². The number of pyridine rings is 1. The zero-order chi connectivity index (χ0) is 15.2. The van der Waals surface area contributed by atoms with Gasteiger partial charge in [0.05, 0.1) is 6.20 Å². The summed E-state index contributed by atoms with van der Waals surface area (Å²) in [5, 5.41) is 0. The Bertz CT molecular complexity index is 827. The standard InChI is InChI=1S/C17H10FN3O/c18-14-9-13(4-5-17-20-7-2-8-21-17)10-16(11-14)22-15-3-1-6-19-12-15/h1-3,6-12H. The molecule has 2 heterocycles. The first-order valence-corrected chi connectivity index (χ1v) is 6.47. The molecule has 106 valence electrons. The normalized spacial score (nSPS) is 9.68. The Morgan fingerprint density at radius 2 is 1.77 bits per heavy atom. The molecule has 22 heavy (non-hydrogen) atoms. The van der Waals surface area contributed by atoms with Crippen molar-refractivity contribution in [1.29, 1.82) is 0 Å². The summed E-state index contributed by atoms with van der Waals surface area (Å²) in [6.07, 6.45) is 6.38. The van der Waals surface area contributed by atoms with Gasteiger partial charge in [0, 0.05) is 30.2 Å². The van der Waals surface area contributed by atoms with Crippen molar-refractivity contribution in [3.63, 3.8) is 0 Å². The van der Waals surface area contributed by atoms with Gasteiger partial charge in [-0.1, -0.05) is 5.92 Å². The third kappa shape index (κ3) is 3.64. The predicted molar refractivity (Wildman–Crippen MR) is 78.7 cm³/mol. The Labute approximate surface area is 126 Å². The Balaban J connectivity index is 1.86. The van der Waals surface area contributed by atoms with Crippen molar-refractivity contribution in [2.24, 2.45) is 0 Å². The molecular weight excluding hydrogens is 281 g/mol. The zero-order valence-electron chi connectivity index (χ0n) is 11.4. The van der Waals surface area contributed by atoms with Crippen LogP contribution in [0.5, 0.6) is 11.5 Å². The largest absolute Gasteiger partial charge is 0.456 e. The van der Waals surface area contributed by atoms with Gasteiger partial charge in [0.1, 0.15) is 17.3 Å². The average Bonchev–Trinajstić information content (AvgIpc) is 2.54. The molecule has 2 aromatic heterocycles. The molecule has 5 heteroatoms. The zero-order valence-corrected chi connectivity index (χ0v) is 11.4. The molecule has 0 radical (unpaired) electrons. The number of halogens is 1. The summed E-state index contributed by atoms with van der Waals surface area (Å²) < 4.78 is 19.2. The minimum Gasteiger partial charge on any atom is -0.456 e. The lowest BCUT2D eigenvalue weighted by Crippen LogP contribution is -1.89. The van der Waals surface area contributed by atoms with Gasteiger partial charge in [0.2, 0.25) is 5.82 Å². The van der Waals surface area contributed by atoms with Crippen LogP contribution in [-0.2, 0) is 0 Å². The van der Waals surface area contributed by atoms with Crippen molar-refractivity contribution in [2.45, 2.75) is 0 Å². The summed E-state index contributed by atoms with van der Waals surface area (Å²) in [7, 11) is 0. The van der Waals surface area contributed by atoms with Crippen LogP contribution in [0, 0.1) is 17.7 Å². The summed E-state index contributed by atoms with van der Waals surface area (Å²) in [6.45, 7) is 0. The SMILES string of the molecule is Fc1cc(C#Cc2ncccn2)cc(Oc2cccnc2)c1. The van der Waals surface area contributed by atoms with Crippen LogP contribution in [0.25, 0.3) is 0 Å². The maximum atomic E-state index is 13.7. The minimum atomic E-state index is -0.431. The number of hydrogen-bond acceptors (Lipinski definition) is 4. The molecular formula is C17H10FN3O. The van der Waals surface area contributed by atoms with E-state index in [4.69, 9.17) is 4.74 Å². The third-order valence-electron chi connectivity index (χ3n) is 2.63. The van der Waals surface area contributed by atoms with E-state index in [1.807, 2.05) is 0 Å². The van der Waals surface area contributed by atoms with Crippen LogP contribution in [0.15, 0.2) is 61.2 Å². The number of aromatic nitrogens is 3. The van der Waals surface area contributed by atoms with Gasteiger partial charge in [0.25, 0.3) is 0 Å². The fraction of sp³-hybridized carbons (Fsp3) is 0. The van der Waals surface area contributed by atoms with Crippen LogP contribution in [0.2, 0.25) is 0 Å². The first-order chi connectivity index (χ1) is 10.8. The second-order valence-electron chi connectivity index (χ2n) is 4.29. The summed E-state index contributed by atoms with van der Waals surface area (Å²) in [4.78, 5) is 11.9. The Kier molecular flexibility index (Phi) is 4.03. The molecule has 3 aromatic rings. The summed E-state index contributed by atoms with van der Waals surface area (Å²) >= 11 is 0. The number of ether oxygens (including phenoxy) is 1. The summed E-state index contributed by atoms with van der Waals surface area (Å²) in [6, 6.07) is 9.44. The second kappa shape index (κ2) is 6.46. The van der Waals surface area contributed by atoms with E-state index in [1.165, 1.54) is 12.1 Å². The van der Waals surface area contributed by atoms with Crippen LogP contribution in [0.1, 0.15) is 11.4 Å². The Morgan fingerprint density at radius 3 is 2.55 bits per heavy atom. The molecule has 0 saturated carbocycles. The fourth-order valence-electron chi connectivity index (χ4n) is 1.73. The van der Waals surface area contributed by atoms with Gasteiger partial charge in [-0.25, -0.2) is 14.4 Å². The van der Waals surface area contributed by atoms with Crippen molar-refractivity contribution in [1.82, 2.24) is 15.0 Å². The lowest BCUT2D eigenvalue weighted by molar-refractivity contribution is 0.474. The Hall–Kier alpha value is -3.26. The van der Waals surface area contributed by atoms with Gasteiger partial charge in [-0.05, 0) is 36.3 Å². The number of benzene rings is 1. The van der Waals surface area contributed by atoms with E-state index in [9.17, 15) is 4.39 Å².